The number of unbranched alkanes of at least 4 members (excludes halogenated alkanes) is 8. The lowest BCUT2D eigenvalue weighted by Gasteiger charge is -2.34. The quantitative estimate of drug-likeness (QED) is 0.0737. The molecule has 0 aliphatic carbocycles. The molecule has 2 aromatic rings. The van der Waals surface area contributed by atoms with Gasteiger partial charge in [-0.25, -0.2) is 4.79 Å². The number of benzene rings is 2. The number of carbonyl (C=O) groups excluding carboxylic acids is 2. The summed E-state index contributed by atoms with van der Waals surface area (Å²) in [6, 6.07) is 13.6. The Bertz CT molecular complexity index is 1350. The highest BCUT2D eigenvalue weighted by molar-refractivity contribution is 5.88. The van der Waals surface area contributed by atoms with Gasteiger partial charge >= 0.3 is 18.3 Å². The molecule has 0 unspecified atom stereocenters. The fourth-order valence-electron chi connectivity index (χ4n) is 7.15. The average Bonchev–Trinajstić information content (AvgIpc) is 3.55. The molecule has 52 heavy (non-hydrogen) atoms. The molecule has 13 heteroatoms. The van der Waals surface area contributed by atoms with Crippen LogP contribution in [0.1, 0.15) is 102 Å². The standard InChI is InChI=1S/C39H54F6N2O5/c1-30(46-34(48)36(50-2,38(40,41)42)31-21-14-11-15-22-31)20-13-9-7-5-4-6-8-10-18-25-33-26-19-27-47(33)28-29-52-35(49)37(51-3,39(43,44)45)32-23-16-12-17-24-32/h11-12,14-17,21-24,30,33H,4-10,13,18-20,25-29H2,1-3H3,(H,46,48)/t30-,33-,36-,37-/m0/s1. The molecule has 2 aromatic carbocycles. The third kappa shape index (κ3) is 10.9. The monoisotopic (exact) mass is 744 g/mol. The molecule has 1 N–H and O–H groups in total. The zero-order valence-corrected chi connectivity index (χ0v) is 30.5. The van der Waals surface area contributed by atoms with Crippen molar-refractivity contribution in [1.29, 1.82) is 0 Å². The van der Waals surface area contributed by atoms with Crippen LogP contribution in [0.15, 0.2) is 60.7 Å². The van der Waals surface area contributed by atoms with Crippen LogP contribution in [0.2, 0.25) is 0 Å². The van der Waals surface area contributed by atoms with Crippen molar-refractivity contribution >= 4 is 11.9 Å². The summed E-state index contributed by atoms with van der Waals surface area (Å²) in [5.41, 5.74) is -6.84. The SMILES string of the molecule is CO[C@](C(=O)N[C@@H](C)CCCCCCCCCCC[C@H]1CCCN1CCOC(=O)[C@@](OC)(c1ccccc1)C(F)(F)F)(c1ccccc1)C(F)(F)F. The average molecular weight is 745 g/mol. The summed E-state index contributed by atoms with van der Waals surface area (Å²) in [7, 11) is 1.75. The Hall–Kier alpha value is -3.16. The second kappa shape index (κ2) is 20.3. The largest absolute Gasteiger partial charge is 0.462 e. The summed E-state index contributed by atoms with van der Waals surface area (Å²) in [6.45, 7) is 2.73. The molecule has 1 heterocycles. The Balaban J connectivity index is 1.27. The Kier molecular flexibility index (Phi) is 16.9. The van der Waals surface area contributed by atoms with Crippen molar-refractivity contribution in [3.63, 3.8) is 0 Å². The van der Waals surface area contributed by atoms with E-state index >= 15 is 0 Å². The first-order chi connectivity index (χ1) is 24.7. The minimum Gasteiger partial charge on any atom is -0.462 e. The van der Waals surface area contributed by atoms with Crippen molar-refractivity contribution in [3.05, 3.63) is 71.8 Å². The predicted molar refractivity (Wildman–Crippen MR) is 186 cm³/mol. The van der Waals surface area contributed by atoms with Crippen LogP contribution in [0.25, 0.3) is 0 Å². The molecule has 292 valence electrons. The lowest BCUT2D eigenvalue weighted by molar-refractivity contribution is -0.276. The summed E-state index contributed by atoms with van der Waals surface area (Å²) in [6.07, 6.45) is 2.83. The molecule has 0 saturated carbocycles. The molecule has 7 nitrogen and oxygen atoms in total. The minimum absolute atomic E-state index is 0.155. The van der Waals surface area contributed by atoms with E-state index in [1.807, 2.05) is 0 Å². The molecule has 1 saturated heterocycles. The van der Waals surface area contributed by atoms with E-state index < -0.39 is 41.5 Å². The van der Waals surface area contributed by atoms with Crippen molar-refractivity contribution in [2.75, 3.05) is 33.9 Å². The third-order valence-corrected chi connectivity index (χ3v) is 10.0. The van der Waals surface area contributed by atoms with Crippen LogP contribution in [0.3, 0.4) is 0 Å². The molecular formula is C39H54F6N2O5. The molecule has 3 rings (SSSR count). The molecule has 1 aliphatic heterocycles. The highest BCUT2D eigenvalue weighted by atomic mass is 19.4. The van der Waals surface area contributed by atoms with E-state index in [1.165, 1.54) is 48.5 Å². The summed E-state index contributed by atoms with van der Waals surface area (Å²) >= 11 is 0. The van der Waals surface area contributed by atoms with E-state index in [-0.39, 0.29) is 17.7 Å². The number of carbonyl (C=O) groups is 2. The van der Waals surface area contributed by atoms with Gasteiger partial charge in [-0.15, -0.1) is 0 Å². The highest BCUT2D eigenvalue weighted by Gasteiger charge is 2.64. The van der Waals surface area contributed by atoms with E-state index in [4.69, 9.17) is 14.2 Å². The number of alkyl halides is 6. The van der Waals surface area contributed by atoms with Crippen LogP contribution in [-0.2, 0) is 35.0 Å². The molecule has 1 aliphatic rings. The molecule has 0 bridgehead atoms. The number of amides is 1. The molecular weight excluding hydrogens is 690 g/mol. The maximum absolute atomic E-state index is 14.1. The summed E-state index contributed by atoms with van der Waals surface area (Å²) in [4.78, 5) is 27.9. The van der Waals surface area contributed by atoms with Gasteiger partial charge in [-0.05, 0) is 39.2 Å². The highest BCUT2D eigenvalue weighted by Crippen LogP contribution is 2.44. The van der Waals surface area contributed by atoms with Crippen LogP contribution in [0.5, 0.6) is 0 Å². The van der Waals surface area contributed by atoms with Gasteiger partial charge in [0.15, 0.2) is 0 Å². The van der Waals surface area contributed by atoms with Gasteiger partial charge in [-0.3, -0.25) is 9.69 Å². The van der Waals surface area contributed by atoms with Crippen molar-refractivity contribution in [3.8, 4) is 0 Å². The lowest BCUT2D eigenvalue weighted by Crippen LogP contribution is -2.57. The number of nitrogens with zero attached hydrogens (tertiary/aromatic N) is 1. The van der Waals surface area contributed by atoms with E-state index in [9.17, 15) is 35.9 Å². The number of methoxy groups -OCH3 is 2. The number of likely N-dealkylation sites (tertiary alicyclic amines) is 1. The third-order valence-electron chi connectivity index (χ3n) is 10.0. The zero-order chi connectivity index (χ0) is 38.3. The number of rotatable bonds is 22. The van der Waals surface area contributed by atoms with Crippen molar-refractivity contribution in [2.45, 2.75) is 126 Å². The molecule has 4 atom stereocenters. The topological polar surface area (TPSA) is 77.1 Å². The van der Waals surface area contributed by atoms with E-state index in [0.717, 1.165) is 97.8 Å². The first kappa shape index (κ1) is 43.2. The molecule has 1 amide bonds. The maximum Gasteiger partial charge on any atom is 0.432 e. The van der Waals surface area contributed by atoms with Crippen molar-refractivity contribution in [1.82, 2.24) is 10.2 Å². The van der Waals surface area contributed by atoms with Gasteiger partial charge in [-0.2, -0.15) is 26.3 Å². The number of halogens is 6. The number of esters is 1. The van der Waals surface area contributed by atoms with E-state index in [2.05, 4.69) is 10.2 Å². The van der Waals surface area contributed by atoms with Crippen molar-refractivity contribution in [2.24, 2.45) is 0 Å². The predicted octanol–water partition coefficient (Wildman–Crippen LogP) is 9.00. The van der Waals surface area contributed by atoms with Gasteiger partial charge in [0.25, 0.3) is 17.1 Å². The van der Waals surface area contributed by atoms with Gasteiger partial charge < -0.3 is 19.5 Å². The molecule has 1 fully saturated rings. The number of hydrogen-bond acceptors (Lipinski definition) is 6. The Morgan fingerprint density at radius 2 is 1.23 bits per heavy atom. The fourth-order valence-corrected chi connectivity index (χ4v) is 7.15. The Morgan fingerprint density at radius 1 is 0.750 bits per heavy atom. The van der Waals surface area contributed by atoms with E-state index in [0.29, 0.717) is 19.0 Å². The van der Waals surface area contributed by atoms with E-state index in [1.54, 1.807) is 19.1 Å². The summed E-state index contributed by atoms with van der Waals surface area (Å²) < 4.78 is 99.5. The zero-order valence-electron chi connectivity index (χ0n) is 30.5. The normalized spacial score (nSPS) is 18.4. The van der Waals surface area contributed by atoms with Crippen LogP contribution in [0.4, 0.5) is 26.3 Å². The van der Waals surface area contributed by atoms with Crippen LogP contribution < -0.4 is 5.32 Å². The van der Waals surface area contributed by atoms with Gasteiger partial charge in [-0.1, -0.05) is 118 Å². The van der Waals surface area contributed by atoms with Crippen LogP contribution in [0, 0.1) is 0 Å². The fraction of sp³-hybridized carbons (Fsp3) is 0.641. The van der Waals surface area contributed by atoms with Gasteiger partial charge in [0, 0.05) is 44.0 Å². The maximum atomic E-state index is 14.1. The molecule has 0 spiro atoms. The van der Waals surface area contributed by atoms with Crippen LogP contribution >= 0.6 is 0 Å². The summed E-state index contributed by atoms with van der Waals surface area (Å²) in [5.74, 6) is -2.69. The number of nitrogens with one attached hydrogen (secondary N) is 1. The molecule has 0 aromatic heterocycles. The number of hydrogen-bond donors (Lipinski definition) is 1. The van der Waals surface area contributed by atoms with Crippen LogP contribution in [-0.4, -0.2) is 75.1 Å². The summed E-state index contributed by atoms with van der Waals surface area (Å²) in [5, 5.41) is 2.51. The first-order valence-corrected chi connectivity index (χ1v) is 18.3. The van der Waals surface area contributed by atoms with Gasteiger partial charge in [0.2, 0.25) is 0 Å². The molecule has 0 radical (unpaired) electrons. The Morgan fingerprint density at radius 3 is 1.73 bits per heavy atom. The van der Waals surface area contributed by atoms with Gasteiger partial charge in [0.1, 0.15) is 6.61 Å². The lowest BCUT2D eigenvalue weighted by atomic mass is 9.91. The number of ether oxygens (including phenoxy) is 3. The smallest absolute Gasteiger partial charge is 0.432 e. The minimum atomic E-state index is -5.00. The van der Waals surface area contributed by atoms with Gasteiger partial charge in [0.05, 0.1) is 0 Å². The second-order valence-electron chi connectivity index (χ2n) is 13.6. The Labute approximate surface area is 303 Å². The first-order valence-electron chi connectivity index (χ1n) is 18.3. The second-order valence-corrected chi connectivity index (χ2v) is 13.6. The van der Waals surface area contributed by atoms with Crippen molar-refractivity contribution < 1.29 is 50.1 Å².